The van der Waals surface area contributed by atoms with Gasteiger partial charge in [0.2, 0.25) is 0 Å². The van der Waals surface area contributed by atoms with E-state index in [0.29, 0.717) is 12.1 Å². The van der Waals surface area contributed by atoms with E-state index in [1.165, 1.54) is 11.1 Å². The molecule has 1 aromatic carbocycles. The van der Waals surface area contributed by atoms with Gasteiger partial charge in [0.25, 0.3) is 0 Å². The van der Waals surface area contributed by atoms with Crippen molar-refractivity contribution in [3.05, 3.63) is 35.4 Å². The second-order valence-corrected chi connectivity index (χ2v) is 4.55. The lowest BCUT2D eigenvalue weighted by Gasteiger charge is -2.23. The third kappa shape index (κ3) is 4.24. The summed E-state index contributed by atoms with van der Waals surface area (Å²) in [6.45, 7) is 6.50. The molecule has 0 heterocycles. The maximum atomic E-state index is 5.39. The molecule has 2 unspecified atom stereocenters. The van der Waals surface area contributed by atoms with Gasteiger partial charge in [-0.15, -0.1) is 12.3 Å². The molecular weight excluding hydrogens is 206 g/mol. The summed E-state index contributed by atoms with van der Waals surface area (Å²) in [4.78, 5) is 0. The van der Waals surface area contributed by atoms with Crippen LogP contribution < -0.4 is 5.32 Å². The van der Waals surface area contributed by atoms with Crippen LogP contribution in [0.1, 0.15) is 50.3 Å². The molecule has 0 aliphatic carbocycles. The summed E-state index contributed by atoms with van der Waals surface area (Å²) in [6, 6.07) is 9.59. The molecular formula is C16H23N. The zero-order valence-electron chi connectivity index (χ0n) is 11.2. The molecule has 1 rings (SSSR count). The van der Waals surface area contributed by atoms with Crippen molar-refractivity contribution in [1.29, 1.82) is 0 Å². The topological polar surface area (TPSA) is 12.0 Å². The molecule has 17 heavy (non-hydrogen) atoms. The van der Waals surface area contributed by atoms with Gasteiger partial charge in [0.05, 0.1) is 0 Å². The largest absolute Gasteiger partial charge is 0.306 e. The van der Waals surface area contributed by atoms with Gasteiger partial charge in [-0.05, 0) is 25.3 Å². The molecule has 0 bridgehead atoms. The van der Waals surface area contributed by atoms with E-state index in [4.69, 9.17) is 6.42 Å². The van der Waals surface area contributed by atoms with Crippen LogP contribution in [0.15, 0.2) is 24.3 Å². The van der Waals surface area contributed by atoms with E-state index < -0.39 is 0 Å². The first kappa shape index (κ1) is 13.8. The first-order valence-corrected chi connectivity index (χ1v) is 6.47. The lowest BCUT2D eigenvalue weighted by atomic mass is 10.0. The molecule has 1 heteroatoms. The molecule has 0 fully saturated rings. The number of nitrogens with one attached hydrogen (secondary N) is 1. The highest BCUT2D eigenvalue weighted by molar-refractivity contribution is 5.24. The first-order chi connectivity index (χ1) is 8.21. The molecule has 1 N–H and O–H groups in total. The summed E-state index contributed by atoms with van der Waals surface area (Å²) in [5.41, 5.74) is 2.66. The molecule has 0 spiro atoms. The van der Waals surface area contributed by atoms with Crippen LogP contribution in [0.5, 0.6) is 0 Å². The molecule has 0 saturated heterocycles. The molecule has 0 saturated carbocycles. The van der Waals surface area contributed by atoms with E-state index in [9.17, 15) is 0 Å². The van der Waals surface area contributed by atoms with Crippen molar-refractivity contribution in [3.63, 3.8) is 0 Å². The average molecular weight is 229 g/mol. The van der Waals surface area contributed by atoms with Crippen molar-refractivity contribution in [2.75, 3.05) is 0 Å². The highest BCUT2D eigenvalue weighted by atomic mass is 14.9. The zero-order chi connectivity index (χ0) is 12.7. The normalized spacial score (nSPS) is 14.0. The van der Waals surface area contributed by atoms with Crippen LogP contribution in [-0.2, 0) is 0 Å². The maximum absolute atomic E-state index is 5.39. The van der Waals surface area contributed by atoms with E-state index >= 15 is 0 Å². The van der Waals surface area contributed by atoms with Gasteiger partial charge in [0, 0.05) is 18.5 Å². The number of rotatable bonds is 6. The summed E-state index contributed by atoms with van der Waals surface area (Å²) in [5.74, 6) is 2.75. The van der Waals surface area contributed by atoms with Gasteiger partial charge in [-0.1, -0.05) is 43.7 Å². The van der Waals surface area contributed by atoms with Gasteiger partial charge in [-0.25, -0.2) is 0 Å². The van der Waals surface area contributed by atoms with Gasteiger partial charge >= 0.3 is 0 Å². The second-order valence-electron chi connectivity index (χ2n) is 4.55. The van der Waals surface area contributed by atoms with E-state index in [1.807, 2.05) is 0 Å². The van der Waals surface area contributed by atoms with Crippen molar-refractivity contribution in [1.82, 2.24) is 5.32 Å². The molecule has 2 atom stereocenters. The van der Waals surface area contributed by atoms with E-state index in [-0.39, 0.29) is 0 Å². The Morgan fingerprint density at radius 2 is 1.82 bits per heavy atom. The third-order valence-electron chi connectivity index (χ3n) is 3.18. The van der Waals surface area contributed by atoms with Crippen LogP contribution in [0.3, 0.4) is 0 Å². The predicted octanol–water partition coefficient (Wildman–Crippen LogP) is 3.84. The number of terminal acetylenes is 1. The summed E-state index contributed by atoms with van der Waals surface area (Å²) < 4.78 is 0. The Morgan fingerprint density at radius 3 is 2.29 bits per heavy atom. The van der Waals surface area contributed by atoms with E-state index in [2.05, 4.69) is 56.3 Å². The van der Waals surface area contributed by atoms with E-state index in [1.54, 1.807) is 0 Å². The summed E-state index contributed by atoms with van der Waals surface area (Å²) in [7, 11) is 0. The zero-order valence-corrected chi connectivity index (χ0v) is 11.2. The predicted molar refractivity (Wildman–Crippen MR) is 74.9 cm³/mol. The summed E-state index contributed by atoms with van der Waals surface area (Å²) >= 11 is 0. The minimum Gasteiger partial charge on any atom is -0.306 e. The Morgan fingerprint density at radius 1 is 1.18 bits per heavy atom. The standard InChI is InChI=1S/C16H23N/c1-5-8-15(6-2)17-16(7-3)14-11-9-13(4)10-12-14/h1,9-12,15-17H,6-8H2,2-4H3. The quantitative estimate of drug-likeness (QED) is 0.731. The number of hydrogen-bond donors (Lipinski definition) is 1. The van der Waals surface area contributed by atoms with Crippen LogP contribution in [0.25, 0.3) is 0 Å². The van der Waals surface area contributed by atoms with Crippen LogP contribution in [0, 0.1) is 19.3 Å². The Bertz CT molecular complexity index is 358. The van der Waals surface area contributed by atoms with Gasteiger partial charge in [-0.3, -0.25) is 0 Å². The van der Waals surface area contributed by atoms with Crippen molar-refractivity contribution >= 4 is 0 Å². The van der Waals surface area contributed by atoms with Gasteiger partial charge < -0.3 is 5.32 Å². The molecule has 0 aliphatic rings. The minimum absolute atomic E-state index is 0.411. The lowest BCUT2D eigenvalue weighted by Crippen LogP contribution is -2.31. The molecule has 0 radical (unpaired) electrons. The Labute approximate surface area is 106 Å². The van der Waals surface area contributed by atoms with Crippen LogP contribution in [-0.4, -0.2) is 6.04 Å². The van der Waals surface area contributed by atoms with Crippen molar-refractivity contribution in [3.8, 4) is 12.3 Å². The van der Waals surface area contributed by atoms with Gasteiger partial charge in [0.1, 0.15) is 0 Å². The Hall–Kier alpha value is -1.26. The third-order valence-corrected chi connectivity index (χ3v) is 3.18. The molecule has 0 aliphatic heterocycles. The fourth-order valence-corrected chi connectivity index (χ4v) is 2.00. The van der Waals surface area contributed by atoms with Crippen LogP contribution in [0.2, 0.25) is 0 Å². The lowest BCUT2D eigenvalue weighted by molar-refractivity contribution is 0.420. The first-order valence-electron chi connectivity index (χ1n) is 6.47. The number of benzene rings is 1. The fraction of sp³-hybridized carbons (Fsp3) is 0.500. The van der Waals surface area contributed by atoms with Crippen LogP contribution >= 0.6 is 0 Å². The Kier molecular flexibility index (Phi) is 5.80. The second kappa shape index (κ2) is 7.14. The monoisotopic (exact) mass is 229 g/mol. The number of hydrogen-bond acceptors (Lipinski definition) is 1. The Balaban J connectivity index is 2.71. The highest BCUT2D eigenvalue weighted by Crippen LogP contribution is 2.18. The minimum atomic E-state index is 0.411. The van der Waals surface area contributed by atoms with Crippen molar-refractivity contribution < 1.29 is 0 Å². The molecule has 0 amide bonds. The molecule has 1 nitrogen and oxygen atoms in total. The van der Waals surface area contributed by atoms with Crippen molar-refractivity contribution in [2.45, 2.75) is 52.1 Å². The SMILES string of the molecule is C#CCC(CC)NC(CC)c1ccc(C)cc1. The van der Waals surface area contributed by atoms with Crippen LogP contribution in [0.4, 0.5) is 0 Å². The molecule has 1 aromatic rings. The highest BCUT2D eigenvalue weighted by Gasteiger charge is 2.13. The average Bonchev–Trinajstić information content (AvgIpc) is 2.36. The molecule has 92 valence electrons. The van der Waals surface area contributed by atoms with Gasteiger partial charge in [-0.2, -0.15) is 0 Å². The molecule has 0 aromatic heterocycles. The van der Waals surface area contributed by atoms with Crippen molar-refractivity contribution in [2.24, 2.45) is 0 Å². The maximum Gasteiger partial charge on any atom is 0.0320 e. The summed E-state index contributed by atoms with van der Waals surface area (Å²) in [6.07, 6.45) is 8.36. The summed E-state index contributed by atoms with van der Waals surface area (Å²) in [5, 5.41) is 3.65. The van der Waals surface area contributed by atoms with E-state index in [0.717, 1.165) is 19.3 Å². The fourth-order valence-electron chi connectivity index (χ4n) is 2.00. The smallest absolute Gasteiger partial charge is 0.0320 e. The van der Waals surface area contributed by atoms with Gasteiger partial charge in [0.15, 0.2) is 0 Å². The number of aryl methyl sites for hydroxylation is 1.